The zero-order valence-corrected chi connectivity index (χ0v) is 23.1. The first-order chi connectivity index (χ1) is 17.6. The number of nitrogens with one attached hydrogen (secondary N) is 1. The Morgan fingerprint density at radius 3 is 2.24 bits per heavy atom. The summed E-state index contributed by atoms with van der Waals surface area (Å²) in [4.78, 5) is 28.2. The van der Waals surface area contributed by atoms with Crippen LogP contribution in [0.25, 0.3) is 0 Å². The highest BCUT2D eigenvalue weighted by Crippen LogP contribution is 2.32. The highest BCUT2D eigenvalue weighted by atomic mass is 32.2. The Morgan fingerprint density at radius 1 is 0.973 bits per heavy atom. The molecule has 0 spiro atoms. The van der Waals surface area contributed by atoms with Gasteiger partial charge in [0.15, 0.2) is 11.5 Å². The van der Waals surface area contributed by atoms with Gasteiger partial charge in [0.25, 0.3) is 0 Å². The lowest BCUT2D eigenvalue weighted by Crippen LogP contribution is -2.52. The molecule has 0 bridgehead atoms. The van der Waals surface area contributed by atoms with E-state index in [2.05, 4.69) is 5.32 Å². The zero-order valence-electron chi connectivity index (χ0n) is 22.3. The smallest absolute Gasteiger partial charge is 0.244 e. The van der Waals surface area contributed by atoms with E-state index < -0.39 is 28.5 Å². The first kappa shape index (κ1) is 29.8. The van der Waals surface area contributed by atoms with Crippen molar-refractivity contribution in [2.24, 2.45) is 0 Å². The molecule has 0 saturated carbocycles. The molecule has 11 heteroatoms. The average Bonchev–Trinajstić information content (AvgIpc) is 2.89. The molecule has 0 aliphatic heterocycles. The van der Waals surface area contributed by atoms with Crippen molar-refractivity contribution in [3.05, 3.63) is 48.0 Å². The van der Waals surface area contributed by atoms with Gasteiger partial charge in [-0.25, -0.2) is 8.42 Å². The maximum atomic E-state index is 13.7. The van der Waals surface area contributed by atoms with Crippen molar-refractivity contribution < 1.29 is 32.2 Å². The van der Waals surface area contributed by atoms with Gasteiger partial charge >= 0.3 is 0 Å². The lowest BCUT2D eigenvalue weighted by Gasteiger charge is -2.33. The number of sulfonamides is 1. The Kier molecular flexibility index (Phi) is 11.0. The summed E-state index contributed by atoms with van der Waals surface area (Å²) >= 11 is 0. The van der Waals surface area contributed by atoms with Crippen molar-refractivity contribution in [2.45, 2.75) is 39.3 Å². The molecule has 1 N–H and O–H groups in total. The van der Waals surface area contributed by atoms with Crippen LogP contribution in [0, 0.1) is 0 Å². The minimum atomic E-state index is -3.87. The third kappa shape index (κ3) is 8.01. The molecule has 0 radical (unpaired) electrons. The number of hydrogen-bond acceptors (Lipinski definition) is 7. The van der Waals surface area contributed by atoms with Crippen molar-refractivity contribution >= 4 is 27.5 Å². The maximum absolute atomic E-state index is 13.7. The minimum absolute atomic E-state index is 0.0949. The van der Waals surface area contributed by atoms with Crippen molar-refractivity contribution in [3.8, 4) is 17.2 Å². The number of hydrogen-bond donors (Lipinski definition) is 1. The van der Waals surface area contributed by atoms with Crippen molar-refractivity contribution in [3.63, 3.8) is 0 Å². The molecule has 2 rings (SSSR count). The van der Waals surface area contributed by atoms with Gasteiger partial charge in [-0.1, -0.05) is 26.0 Å². The van der Waals surface area contributed by atoms with Crippen molar-refractivity contribution in [2.75, 3.05) is 45.0 Å². The van der Waals surface area contributed by atoms with Crippen LogP contribution in [0.2, 0.25) is 0 Å². The predicted octanol–water partition coefficient (Wildman–Crippen LogP) is 2.81. The van der Waals surface area contributed by atoms with Crippen LogP contribution < -0.4 is 23.8 Å². The molecule has 1 atom stereocenters. The van der Waals surface area contributed by atoms with E-state index in [-0.39, 0.29) is 18.1 Å². The number of benzene rings is 2. The molecule has 2 aromatic rings. The molecule has 37 heavy (non-hydrogen) atoms. The van der Waals surface area contributed by atoms with Crippen LogP contribution in [0.4, 0.5) is 5.69 Å². The van der Waals surface area contributed by atoms with Crippen LogP contribution in [0.15, 0.2) is 42.5 Å². The number of anilines is 1. The van der Waals surface area contributed by atoms with Crippen LogP contribution >= 0.6 is 0 Å². The van der Waals surface area contributed by atoms with E-state index in [0.717, 1.165) is 22.5 Å². The van der Waals surface area contributed by atoms with Crippen LogP contribution in [0.1, 0.15) is 32.3 Å². The van der Waals surface area contributed by atoms with Gasteiger partial charge in [0.2, 0.25) is 21.8 Å². The SMILES string of the molecule is CCCNC(=O)C(CC)N(Cc1cccc(OC)c1)C(=O)CN(c1ccc(OC)c(OC)c1)S(C)(=O)=O. The highest BCUT2D eigenvalue weighted by molar-refractivity contribution is 7.92. The van der Waals surface area contributed by atoms with Crippen molar-refractivity contribution in [1.82, 2.24) is 10.2 Å². The third-order valence-electron chi connectivity index (χ3n) is 5.76. The molecule has 204 valence electrons. The monoisotopic (exact) mass is 535 g/mol. The molecule has 0 aromatic heterocycles. The van der Waals surface area contributed by atoms with Crippen LogP contribution in [0.3, 0.4) is 0 Å². The van der Waals surface area contributed by atoms with Gasteiger partial charge in [-0.3, -0.25) is 13.9 Å². The number of rotatable bonds is 14. The molecular formula is C26H37N3O7S. The largest absolute Gasteiger partial charge is 0.497 e. The van der Waals surface area contributed by atoms with E-state index in [1.54, 1.807) is 31.4 Å². The number of nitrogens with zero attached hydrogens (tertiary/aromatic N) is 2. The van der Waals surface area contributed by atoms with Gasteiger partial charge in [-0.05, 0) is 42.7 Å². The van der Waals surface area contributed by atoms with Gasteiger partial charge in [0, 0.05) is 19.2 Å². The Morgan fingerprint density at radius 2 is 1.68 bits per heavy atom. The fourth-order valence-electron chi connectivity index (χ4n) is 3.85. The molecule has 2 amide bonds. The van der Waals surface area contributed by atoms with E-state index in [0.29, 0.717) is 30.2 Å². The lowest BCUT2D eigenvalue weighted by molar-refractivity contribution is -0.140. The summed E-state index contributed by atoms with van der Waals surface area (Å²) in [6.45, 7) is 3.81. The van der Waals surface area contributed by atoms with Crippen LogP contribution in [0.5, 0.6) is 17.2 Å². The van der Waals surface area contributed by atoms with Gasteiger partial charge in [-0.15, -0.1) is 0 Å². The summed E-state index contributed by atoms with van der Waals surface area (Å²) in [7, 11) is 0.582. The van der Waals surface area contributed by atoms with E-state index >= 15 is 0 Å². The van der Waals surface area contributed by atoms with Gasteiger partial charge in [0.1, 0.15) is 18.3 Å². The fourth-order valence-corrected chi connectivity index (χ4v) is 4.69. The van der Waals surface area contributed by atoms with Crippen LogP contribution in [-0.2, 0) is 26.2 Å². The average molecular weight is 536 g/mol. The molecule has 2 aromatic carbocycles. The Balaban J connectivity index is 2.48. The summed E-state index contributed by atoms with van der Waals surface area (Å²) in [5.74, 6) is 0.527. The molecule has 0 aliphatic rings. The molecular weight excluding hydrogens is 498 g/mol. The normalized spacial score (nSPS) is 11.8. The molecule has 1 unspecified atom stereocenters. The van der Waals surface area contributed by atoms with Crippen LogP contribution in [-0.4, -0.2) is 71.8 Å². The Labute approximate surface area is 219 Å². The number of carbonyl (C=O) groups is 2. The summed E-state index contributed by atoms with van der Waals surface area (Å²) < 4.78 is 42.4. The third-order valence-corrected chi connectivity index (χ3v) is 6.90. The second-order valence-electron chi connectivity index (χ2n) is 8.40. The highest BCUT2D eigenvalue weighted by Gasteiger charge is 2.32. The number of carbonyl (C=O) groups excluding carboxylic acids is 2. The molecule has 0 aliphatic carbocycles. The molecule has 0 heterocycles. The second kappa shape index (κ2) is 13.7. The Hall–Kier alpha value is -3.47. The summed E-state index contributed by atoms with van der Waals surface area (Å²) in [5.41, 5.74) is 0.977. The van der Waals surface area contributed by atoms with E-state index in [4.69, 9.17) is 14.2 Å². The zero-order chi connectivity index (χ0) is 27.6. The molecule has 0 fully saturated rings. The number of methoxy groups -OCH3 is 3. The first-order valence-corrected chi connectivity index (χ1v) is 13.8. The van der Waals surface area contributed by atoms with Gasteiger partial charge < -0.3 is 24.4 Å². The summed E-state index contributed by atoms with van der Waals surface area (Å²) in [5, 5.41) is 2.85. The number of amides is 2. The standard InChI is InChI=1S/C26H37N3O7S/c1-7-14-27-26(31)22(8-2)28(17-19-10-9-11-21(15-19)34-3)25(30)18-29(37(6,32)33)20-12-13-23(35-4)24(16-20)36-5/h9-13,15-16,22H,7-8,14,17-18H2,1-6H3,(H,27,31). The second-order valence-corrected chi connectivity index (χ2v) is 10.3. The minimum Gasteiger partial charge on any atom is -0.497 e. The number of ether oxygens (including phenoxy) is 3. The maximum Gasteiger partial charge on any atom is 0.244 e. The molecule has 10 nitrogen and oxygen atoms in total. The summed E-state index contributed by atoms with van der Waals surface area (Å²) in [6.07, 6.45) is 2.11. The fraction of sp³-hybridized carbons (Fsp3) is 0.462. The van der Waals surface area contributed by atoms with Crippen molar-refractivity contribution in [1.29, 1.82) is 0 Å². The predicted molar refractivity (Wildman–Crippen MR) is 143 cm³/mol. The molecule has 0 saturated heterocycles. The topological polar surface area (TPSA) is 114 Å². The van der Waals surface area contributed by atoms with Gasteiger partial charge in [0.05, 0.1) is 33.3 Å². The van der Waals surface area contributed by atoms with E-state index in [9.17, 15) is 18.0 Å². The lowest BCUT2D eigenvalue weighted by atomic mass is 10.1. The Bertz CT molecular complexity index is 1170. The first-order valence-electron chi connectivity index (χ1n) is 12.0. The quantitative estimate of drug-likeness (QED) is 0.396. The van der Waals surface area contributed by atoms with Gasteiger partial charge in [-0.2, -0.15) is 0 Å². The van der Waals surface area contributed by atoms with E-state index in [1.807, 2.05) is 19.9 Å². The van der Waals surface area contributed by atoms with E-state index in [1.165, 1.54) is 31.3 Å². The summed E-state index contributed by atoms with van der Waals surface area (Å²) in [6, 6.07) is 11.0.